The van der Waals surface area contributed by atoms with E-state index in [1.807, 2.05) is 39.8 Å². The van der Waals surface area contributed by atoms with Crippen molar-refractivity contribution in [1.82, 2.24) is 5.32 Å². The highest BCUT2D eigenvalue weighted by Gasteiger charge is 2.25. The number of fused-ring (bicyclic) bond motifs is 1. The highest BCUT2D eigenvalue weighted by molar-refractivity contribution is 7.92. The number of nitrogens with zero attached hydrogens (tertiary/aromatic N) is 1. The van der Waals surface area contributed by atoms with E-state index in [4.69, 9.17) is 0 Å². The Balaban J connectivity index is 1.82. The van der Waals surface area contributed by atoms with E-state index in [9.17, 15) is 13.2 Å². The number of aryl methyl sites for hydroxylation is 5. The Kier molecular flexibility index (Phi) is 7.10. The molecule has 0 spiro atoms. The summed E-state index contributed by atoms with van der Waals surface area (Å²) in [5.41, 5.74) is 7.21. The lowest BCUT2D eigenvalue weighted by molar-refractivity contribution is -0.120. The number of hydrogen-bond acceptors (Lipinski definition) is 3. The van der Waals surface area contributed by atoms with Gasteiger partial charge < -0.3 is 5.32 Å². The van der Waals surface area contributed by atoms with Gasteiger partial charge in [0.15, 0.2) is 0 Å². The quantitative estimate of drug-likeness (QED) is 0.685. The number of rotatable bonds is 7. The largest absolute Gasteiger partial charge is 0.348 e. The van der Waals surface area contributed by atoms with Gasteiger partial charge in [-0.05, 0) is 80.7 Å². The molecule has 31 heavy (non-hydrogen) atoms. The summed E-state index contributed by atoms with van der Waals surface area (Å²) in [5, 5.41) is 3.07. The second kappa shape index (κ2) is 9.43. The van der Waals surface area contributed by atoms with Crippen molar-refractivity contribution in [2.75, 3.05) is 17.1 Å². The van der Waals surface area contributed by atoms with Gasteiger partial charge in [0.1, 0.15) is 6.54 Å². The molecule has 0 heterocycles. The molecule has 1 atom stereocenters. The van der Waals surface area contributed by atoms with Gasteiger partial charge >= 0.3 is 0 Å². The fourth-order valence-corrected chi connectivity index (χ4v) is 5.66. The molecule has 5 nitrogen and oxygen atoms in total. The first-order valence-corrected chi connectivity index (χ1v) is 12.9. The fourth-order valence-electron chi connectivity index (χ4n) is 4.69. The molecular weight excluding hydrogens is 408 g/mol. The molecule has 2 aromatic rings. The molecule has 1 aliphatic rings. The SMILES string of the molecule is CC[C@H](NC(=O)CN(c1c(C)cc(C)cc1C)S(C)(=O)=O)c1ccc2c(c1)CCCC2. The minimum absolute atomic E-state index is 0.138. The number of sulfonamides is 1. The van der Waals surface area contributed by atoms with E-state index < -0.39 is 10.0 Å². The van der Waals surface area contributed by atoms with Gasteiger partial charge in [0.25, 0.3) is 0 Å². The molecular formula is C25H34N2O3S. The van der Waals surface area contributed by atoms with Gasteiger partial charge in [-0.2, -0.15) is 0 Å². The molecule has 6 heteroatoms. The lowest BCUT2D eigenvalue weighted by Crippen LogP contribution is -2.42. The highest BCUT2D eigenvalue weighted by Crippen LogP contribution is 2.29. The van der Waals surface area contributed by atoms with Gasteiger partial charge in [0, 0.05) is 0 Å². The van der Waals surface area contributed by atoms with Crippen LogP contribution in [-0.4, -0.2) is 27.1 Å². The average Bonchev–Trinajstić information content (AvgIpc) is 2.69. The lowest BCUT2D eigenvalue weighted by Gasteiger charge is -2.27. The zero-order chi connectivity index (χ0) is 22.8. The van der Waals surface area contributed by atoms with E-state index in [0.29, 0.717) is 5.69 Å². The summed E-state index contributed by atoms with van der Waals surface area (Å²) < 4.78 is 26.4. The Morgan fingerprint density at radius 2 is 1.65 bits per heavy atom. The molecule has 0 fully saturated rings. The van der Waals surface area contributed by atoms with E-state index in [2.05, 4.69) is 23.5 Å². The predicted molar refractivity (Wildman–Crippen MR) is 127 cm³/mol. The van der Waals surface area contributed by atoms with Crippen LogP contribution in [0.2, 0.25) is 0 Å². The first-order chi connectivity index (χ1) is 14.6. The summed E-state index contributed by atoms with van der Waals surface area (Å²) in [5.74, 6) is -0.297. The van der Waals surface area contributed by atoms with Crippen molar-refractivity contribution in [2.24, 2.45) is 0 Å². The molecule has 0 radical (unpaired) electrons. The number of anilines is 1. The Labute approximate surface area is 186 Å². The molecule has 1 N–H and O–H groups in total. The van der Waals surface area contributed by atoms with Crippen molar-refractivity contribution < 1.29 is 13.2 Å². The molecule has 0 saturated heterocycles. The molecule has 3 rings (SSSR count). The van der Waals surface area contributed by atoms with Crippen LogP contribution in [0.25, 0.3) is 0 Å². The number of benzene rings is 2. The van der Waals surface area contributed by atoms with Crippen LogP contribution in [0.5, 0.6) is 0 Å². The first-order valence-electron chi connectivity index (χ1n) is 11.1. The Morgan fingerprint density at radius 3 is 2.23 bits per heavy atom. The second-order valence-corrected chi connectivity index (χ2v) is 10.7. The van der Waals surface area contributed by atoms with Crippen LogP contribution in [0.1, 0.15) is 65.6 Å². The Bertz CT molecular complexity index is 1050. The minimum atomic E-state index is -3.62. The summed E-state index contributed by atoms with van der Waals surface area (Å²) in [4.78, 5) is 13.0. The van der Waals surface area contributed by atoms with Crippen LogP contribution in [0.15, 0.2) is 30.3 Å². The summed E-state index contributed by atoms with van der Waals surface area (Å²) in [7, 11) is -3.62. The van der Waals surface area contributed by atoms with Gasteiger partial charge in [-0.15, -0.1) is 0 Å². The third-order valence-corrected chi connectivity index (χ3v) is 7.20. The summed E-state index contributed by atoms with van der Waals surface area (Å²) in [6.45, 7) is 7.55. The Morgan fingerprint density at radius 1 is 1.03 bits per heavy atom. The standard InChI is InChI=1S/C25H34N2O3S/c1-6-23(22-12-11-20-9-7-8-10-21(20)15-22)26-24(28)16-27(31(5,29)30)25-18(3)13-17(2)14-19(25)4/h11-15,23H,6-10,16H2,1-5H3,(H,26,28)/t23-/m0/s1. The van der Waals surface area contributed by atoms with Crippen LogP contribution in [0, 0.1) is 20.8 Å². The molecule has 0 saturated carbocycles. The van der Waals surface area contributed by atoms with Crippen LogP contribution in [0.4, 0.5) is 5.69 Å². The van der Waals surface area contributed by atoms with Crippen LogP contribution in [0.3, 0.4) is 0 Å². The van der Waals surface area contributed by atoms with Crippen molar-refractivity contribution >= 4 is 21.6 Å². The summed E-state index contributed by atoms with van der Waals surface area (Å²) in [6.07, 6.45) is 6.54. The number of carbonyl (C=O) groups excluding carboxylic acids is 1. The molecule has 0 bridgehead atoms. The maximum atomic E-state index is 13.0. The zero-order valence-electron chi connectivity index (χ0n) is 19.3. The normalized spacial score (nSPS) is 14.6. The molecule has 1 amide bonds. The highest BCUT2D eigenvalue weighted by atomic mass is 32.2. The number of nitrogens with one attached hydrogen (secondary N) is 1. The molecule has 1 aliphatic carbocycles. The first kappa shape index (κ1) is 23.3. The van der Waals surface area contributed by atoms with Gasteiger partial charge in [-0.3, -0.25) is 9.10 Å². The molecule has 0 unspecified atom stereocenters. The summed E-state index contributed by atoms with van der Waals surface area (Å²) >= 11 is 0. The van der Waals surface area contributed by atoms with Crippen molar-refractivity contribution in [1.29, 1.82) is 0 Å². The maximum Gasteiger partial charge on any atom is 0.241 e. The van der Waals surface area contributed by atoms with E-state index in [0.717, 1.165) is 47.8 Å². The average molecular weight is 443 g/mol. The number of amides is 1. The third-order valence-electron chi connectivity index (χ3n) is 6.09. The molecule has 168 valence electrons. The number of hydrogen-bond donors (Lipinski definition) is 1. The third kappa shape index (κ3) is 5.48. The van der Waals surface area contributed by atoms with Crippen LogP contribution in [-0.2, 0) is 27.7 Å². The lowest BCUT2D eigenvalue weighted by atomic mass is 9.89. The Hall–Kier alpha value is -2.34. The fraction of sp³-hybridized carbons (Fsp3) is 0.480. The maximum absolute atomic E-state index is 13.0. The van der Waals surface area contributed by atoms with Crippen LogP contribution >= 0.6 is 0 Å². The second-order valence-electron chi connectivity index (χ2n) is 8.78. The van der Waals surface area contributed by atoms with Gasteiger partial charge in [0.05, 0.1) is 18.0 Å². The number of carbonyl (C=O) groups is 1. The van der Waals surface area contributed by atoms with Gasteiger partial charge in [0.2, 0.25) is 15.9 Å². The smallest absolute Gasteiger partial charge is 0.241 e. The van der Waals surface area contributed by atoms with E-state index in [1.165, 1.54) is 28.3 Å². The predicted octanol–water partition coefficient (Wildman–Crippen LogP) is 4.52. The molecule has 2 aromatic carbocycles. The van der Waals surface area contributed by atoms with Crippen molar-refractivity contribution in [2.45, 2.75) is 65.8 Å². The van der Waals surface area contributed by atoms with E-state index >= 15 is 0 Å². The monoisotopic (exact) mass is 442 g/mol. The summed E-state index contributed by atoms with van der Waals surface area (Å²) in [6, 6.07) is 10.2. The van der Waals surface area contributed by atoms with Gasteiger partial charge in [-0.25, -0.2) is 8.42 Å². The van der Waals surface area contributed by atoms with Crippen molar-refractivity contribution in [3.63, 3.8) is 0 Å². The van der Waals surface area contributed by atoms with Crippen molar-refractivity contribution in [3.05, 3.63) is 63.7 Å². The van der Waals surface area contributed by atoms with Crippen molar-refractivity contribution in [3.8, 4) is 0 Å². The molecule has 0 aromatic heterocycles. The minimum Gasteiger partial charge on any atom is -0.348 e. The van der Waals surface area contributed by atoms with Crippen LogP contribution < -0.4 is 9.62 Å². The topological polar surface area (TPSA) is 66.5 Å². The van der Waals surface area contributed by atoms with E-state index in [1.54, 1.807) is 0 Å². The van der Waals surface area contributed by atoms with E-state index in [-0.39, 0.29) is 18.5 Å². The van der Waals surface area contributed by atoms with Gasteiger partial charge in [-0.1, -0.05) is 42.8 Å². The zero-order valence-corrected chi connectivity index (χ0v) is 20.1. The molecule has 0 aliphatic heterocycles.